The van der Waals surface area contributed by atoms with Crippen LogP contribution in [0.2, 0.25) is 20.1 Å². The Kier molecular flexibility index (Phi) is 18.4. The second-order valence-electron chi connectivity index (χ2n) is 8.89. The van der Waals surface area contributed by atoms with Crippen LogP contribution < -0.4 is 30.9 Å². The maximum atomic E-state index is 12.4. The highest BCUT2D eigenvalue weighted by Crippen LogP contribution is 2.35. The molecule has 0 atom stereocenters. The van der Waals surface area contributed by atoms with Crippen molar-refractivity contribution in [1.29, 1.82) is 10.5 Å². The summed E-state index contributed by atoms with van der Waals surface area (Å²) in [6, 6.07) is 14.5. The summed E-state index contributed by atoms with van der Waals surface area (Å²) in [6.45, 7) is 0.313. The molecule has 264 valence electrons. The van der Waals surface area contributed by atoms with Gasteiger partial charge in [0.15, 0.2) is 11.5 Å². The lowest BCUT2D eigenvalue weighted by Crippen LogP contribution is -2.27. The highest BCUT2D eigenvalue weighted by Gasteiger charge is 2.22. The maximum Gasteiger partial charge on any atom is 0.350 e. The molecular weight excluding hydrogens is 762 g/mol. The standard InChI is InChI=1S/C15H11Cl2N3O4.C8H5Cl3O2.C7H7N3O2.CH4/c1-23-14-10(17)4-3-9(16)13(14)15(22)24-11-5-6-12(21)20(19-11)8-2-7-18;1-13-7-5(10)3-2-4(9)6(7)8(11)12;8-4-1-5-10-7(12)3-2-6(11)9-10;/h3-6H,2,8H2,1H3;2-3H,1H3;2-3H,1,5H2,(H,9,11);1H4. The molecule has 2 heterocycles. The van der Waals surface area contributed by atoms with Crippen LogP contribution in [-0.4, -0.2) is 45.0 Å². The van der Waals surface area contributed by atoms with Crippen molar-refractivity contribution < 1.29 is 23.8 Å². The van der Waals surface area contributed by atoms with Crippen LogP contribution in [0, 0.1) is 22.7 Å². The molecule has 0 aliphatic heterocycles. The number of nitrogens with zero attached hydrogens (tertiary/aromatic N) is 5. The van der Waals surface area contributed by atoms with E-state index in [0.717, 1.165) is 15.4 Å². The number of ether oxygens (including phenoxy) is 3. The second-order valence-corrected chi connectivity index (χ2v) is 10.9. The molecule has 4 rings (SSSR count). The Hall–Kier alpha value is -4.83. The van der Waals surface area contributed by atoms with Gasteiger partial charge in [0.1, 0.15) is 5.56 Å². The zero-order chi connectivity index (χ0) is 36.7. The van der Waals surface area contributed by atoms with Crippen LogP contribution in [0.5, 0.6) is 17.4 Å². The number of esters is 1. The fourth-order valence-corrected chi connectivity index (χ4v) is 4.74. The van der Waals surface area contributed by atoms with Crippen molar-refractivity contribution in [3.8, 4) is 29.5 Å². The minimum Gasteiger partial charge on any atom is -0.494 e. The first kappa shape index (κ1) is 43.2. The van der Waals surface area contributed by atoms with Crippen molar-refractivity contribution in [2.75, 3.05) is 14.2 Å². The molecule has 0 saturated carbocycles. The van der Waals surface area contributed by atoms with Gasteiger partial charge in [-0.1, -0.05) is 53.8 Å². The number of aromatic amines is 1. The van der Waals surface area contributed by atoms with Crippen LogP contribution >= 0.6 is 58.0 Å². The van der Waals surface area contributed by atoms with Gasteiger partial charge in [-0.15, -0.1) is 5.10 Å². The van der Waals surface area contributed by atoms with E-state index in [2.05, 4.69) is 10.2 Å². The van der Waals surface area contributed by atoms with E-state index in [9.17, 15) is 24.0 Å². The van der Waals surface area contributed by atoms with Crippen LogP contribution in [-0.2, 0) is 13.1 Å². The average molecular weight is 789 g/mol. The van der Waals surface area contributed by atoms with E-state index in [0.29, 0.717) is 5.02 Å². The number of halogens is 5. The van der Waals surface area contributed by atoms with Crippen molar-refractivity contribution in [1.82, 2.24) is 19.6 Å². The number of nitrogens with one attached hydrogen (secondary N) is 1. The lowest BCUT2D eigenvalue weighted by atomic mass is 10.2. The van der Waals surface area contributed by atoms with Crippen molar-refractivity contribution >= 4 is 69.2 Å². The molecule has 19 heteroatoms. The first-order chi connectivity index (χ1) is 23.3. The Morgan fingerprint density at radius 2 is 1.26 bits per heavy atom. The van der Waals surface area contributed by atoms with E-state index in [4.69, 9.17) is 82.7 Å². The topological polar surface area (TPSA) is 199 Å². The summed E-state index contributed by atoms with van der Waals surface area (Å²) in [4.78, 5) is 56.6. The first-order valence-corrected chi connectivity index (χ1v) is 15.3. The Bertz CT molecular complexity index is 2090. The smallest absolute Gasteiger partial charge is 0.350 e. The number of rotatable bonds is 9. The van der Waals surface area contributed by atoms with Crippen LogP contribution in [0.15, 0.2) is 62.9 Å². The minimum atomic E-state index is -0.836. The number of H-pyrrole nitrogens is 1. The molecule has 0 aliphatic carbocycles. The minimum absolute atomic E-state index is 0. The molecule has 2 aromatic carbocycles. The molecule has 0 fully saturated rings. The van der Waals surface area contributed by atoms with Gasteiger partial charge in [-0.05, 0) is 35.9 Å². The van der Waals surface area contributed by atoms with Crippen LogP contribution in [0.1, 0.15) is 41.0 Å². The summed E-state index contributed by atoms with van der Waals surface area (Å²) in [7, 11) is 2.73. The molecule has 0 radical (unpaired) electrons. The third-order valence-electron chi connectivity index (χ3n) is 5.74. The molecule has 0 bridgehead atoms. The fraction of sp³-hybridized carbons (Fsp3) is 0.226. The van der Waals surface area contributed by atoms with Gasteiger partial charge in [-0.25, -0.2) is 14.2 Å². The molecule has 2 aromatic heterocycles. The van der Waals surface area contributed by atoms with Crippen LogP contribution in [0.3, 0.4) is 0 Å². The lowest BCUT2D eigenvalue weighted by Gasteiger charge is -2.11. The summed E-state index contributed by atoms with van der Waals surface area (Å²) < 4.78 is 17.3. The predicted molar refractivity (Wildman–Crippen MR) is 188 cm³/mol. The predicted octanol–water partition coefficient (Wildman–Crippen LogP) is 6.16. The first-order valence-electron chi connectivity index (χ1n) is 13.4. The van der Waals surface area contributed by atoms with Crippen molar-refractivity contribution in [3.05, 3.63) is 111 Å². The summed E-state index contributed by atoms with van der Waals surface area (Å²) in [5.74, 6) is -0.672. The van der Waals surface area contributed by atoms with Crippen LogP contribution in [0.4, 0.5) is 0 Å². The fourth-order valence-electron chi connectivity index (χ4n) is 3.58. The summed E-state index contributed by atoms with van der Waals surface area (Å²) in [5, 5.41) is 23.1. The van der Waals surface area contributed by atoms with Gasteiger partial charge < -0.3 is 14.2 Å². The molecule has 0 unspecified atom stereocenters. The van der Waals surface area contributed by atoms with Crippen molar-refractivity contribution in [2.45, 2.75) is 33.4 Å². The van der Waals surface area contributed by atoms with E-state index in [1.807, 2.05) is 12.1 Å². The molecular formula is C31H27Cl5N6O8. The number of carbonyl (C=O) groups is 2. The number of benzene rings is 2. The molecule has 0 spiro atoms. The molecule has 0 amide bonds. The zero-order valence-electron chi connectivity index (χ0n) is 25.3. The number of aromatic nitrogens is 4. The molecule has 0 saturated heterocycles. The highest BCUT2D eigenvalue weighted by atomic mass is 35.5. The monoisotopic (exact) mass is 786 g/mol. The third kappa shape index (κ3) is 12.2. The molecule has 1 N–H and O–H groups in total. The lowest BCUT2D eigenvalue weighted by molar-refractivity contribution is 0.0720. The number of hydrogen-bond donors (Lipinski definition) is 1. The molecule has 0 aliphatic rings. The zero-order valence-corrected chi connectivity index (χ0v) is 29.1. The quantitative estimate of drug-likeness (QED) is 0.151. The largest absolute Gasteiger partial charge is 0.494 e. The van der Waals surface area contributed by atoms with E-state index in [1.165, 1.54) is 56.7 Å². The highest BCUT2D eigenvalue weighted by molar-refractivity contribution is 6.69. The van der Waals surface area contributed by atoms with Gasteiger partial charge in [0, 0.05) is 24.3 Å². The van der Waals surface area contributed by atoms with Gasteiger partial charge in [0.2, 0.25) is 5.88 Å². The SMILES string of the molecule is C.COc1c(Cl)ccc(Cl)c1C(=O)Cl.COc1c(Cl)ccc(Cl)c1C(=O)Oc1ccc(=O)n(CCC#N)n1.N#CCCn1[nH]c(=O)ccc1=O. The van der Waals surface area contributed by atoms with Gasteiger partial charge in [0.05, 0.1) is 77.9 Å². The normalized spacial score (nSPS) is 9.62. The van der Waals surface area contributed by atoms with Crippen molar-refractivity contribution in [2.24, 2.45) is 0 Å². The van der Waals surface area contributed by atoms with Crippen LogP contribution in [0.25, 0.3) is 0 Å². The Labute approximate surface area is 309 Å². The van der Waals surface area contributed by atoms with E-state index >= 15 is 0 Å². The maximum absolute atomic E-state index is 12.4. The second kappa shape index (κ2) is 21.3. The molecule has 14 nitrogen and oxygen atoms in total. The van der Waals surface area contributed by atoms with Gasteiger partial charge in [-0.2, -0.15) is 10.5 Å². The number of carbonyl (C=O) groups excluding carboxylic acids is 2. The molecule has 4 aromatic rings. The summed E-state index contributed by atoms with van der Waals surface area (Å²) in [5.41, 5.74) is -1.01. The third-order valence-corrected chi connectivity index (χ3v) is 7.15. The molecule has 50 heavy (non-hydrogen) atoms. The Morgan fingerprint density at radius 1 is 0.760 bits per heavy atom. The van der Waals surface area contributed by atoms with E-state index in [-0.39, 0.29) is 88.1 Å². The Balaban J connectivity index is 0.000000407. The average Bonchev–Trinajstić information content (AvgIpc) is 3.07. The number of aryl methyl sites for hydroxylation is 2. The number of methoxy groups -OCH3 is 2. The summed E-state index contributed by atoms with van der Waals surface area (Å²) >= 11 is 28.8. The van der Waals surface area contributed by atoms with Gasteiger partial charge in [-0.3, -0.25) is 24.3 Å². The van der Waals surface area contributed by atoms with E-state index in [1.54, 1.807) is 0 Å². The van der Waals surface area contributed by atoms with Gasteiger partial charge >= 0.3 is 5.97 Å². The Morgan fingerprint density at radius 3 is 1.78 bits per heavy atom. The van der Waals surface area contributed by atoms with E-state index < -0.39 is 16.8 Å². The summed E-state index contributed by atoms with van der Waals surface area (Å²) in [6.07, 6.45) is 0.304. The van der Waals surface area contributed by atoms with Gasteiger partial charge in [0.25, 0.3) is 21.9 Å². The number of hydrogen-bond acceptors (Lipinski definition) is 11. The van der Waals surface area contributed by atoms with Crippen molar-refractivity contribution in [3.63, 3.8) is 0 Å². The number of nitriles is 2.